The highest BCUT2D eigenvalue weighted by Gasteiger charge is 2.06. The number of aromatic nitrogens is 2. The summed E-state index contributed by atoms with van der Waals surface area (Å²) in [5.41, 5.74) is 2.51. The number of nitrogens with zero attached hydrogens (tertiary/aromatic N) is 3. The van der Waals surface area contributed by atoms with Crippen LogP contribution >= 0.6 is 24.0 Å². The van der Waals surface area contributed by atoms with Crippen LogP contribution in [-0.4, -0.2) is 22.1 Å². The van der Waals surface area contributed by atoms with Gasteiger partial charge in [0.15, 0.2) is 5.96 Å². The fourth-order valence-corrected chi connectivity index (χ4v) is 2.52. The van der Waals surface area contributed by atoms with Gasteiger partial charge < -0.3 is 15.2 Å². The van der Waals surface area contributed by atoms with E-state index in [9.17, 15) is 0 Å². The van der Waals surface area contributed by atoms with Gasteiger partial charge in [0.2, 0.25) is 0 Å². The zero-order chi connectivity index (χ0) is 17.4. The lowest BCUT2D eigenvalue weighted by Gasteiger charge is -2.14. The van der Waals surface area contributed by atoms with Crippen LogP contribution in [0.4, 0.5) is 0 Å². The Morgan fingerprint density at radius 2 is 2.00 bits per heavy atom. The van der Waals surface area contributed by atoms with E-state index in [2.05, 4.69) is 72.1 Å². The molecule has 0 radical (unpaired) electrons. The number of hydrogen-bond acceptors (Lipinski definition) is 2. The number of hydrogen-bond donors (Lipinski definition) is 2. The van der Waals surface area contributed by atoms with Gasteiger partial charge in [-0.05, 0) is 30.9 Å². The largest absolute Gasteiger partial charge is 0.357 e. The molecular weight excluding hydrogens is 425 g/mol. The Morgan fingerprint density at radius 1 is 1.24 bits per heavy atom. The van der Waals surface area contributed by atoms with Crippen molar-refractivity contribution >= 4 is 29.9 Å². The fraction of sp³-hybridized carbons (Fsp3) is 0.474. The minimum absolute atomic E-state index is 0. The van der Waals surface area contributed by atoms with E-state index in [1.807, 2.05) is 12.4 Å². The summed E-state index contributed by atoms with van der Waals surface area (Å²) in [6.45, 7) is 11.8. The van der Waals surface area contributed by atoms with Crippen LogP contribution in [0.5, 0.6) is 0 Å². The molecule has 0 saturated heterocycles. The minimum atomic E-state index is 0. The second-order valence-corrected chi connectivity index (χ2v) is 6.36. The number of benzene rings is 1. The molecule has 0 aliphatic heterocycles. The zero-order valence-electron chi connectivity index (χ0n) is 15.6. The SMILES string of the molecule is CCNC(=NCc1ccccc1C)NCc1nccn1CC(C)C.I. The molecule has 0 atom stereocenters. The number of rotatable bonds is 7. The predicted molar refractivity (Wildman–Crippen MR) is 115 cm³/mol. The third-order valence-electron chi connectivity index (χ3n) is 3.79. The molecule has 1 heterocycles. The molecule has 0 bridgehead atoms. The van der Waals surface area contributed by atoms with Crippen molar-refractivity contribution in [1.82, 2.24) is 20.2 Å². The third kappa shape index (κ3) is 7.05. The molecule has 0 spiro atoms. The van der Waals surface area contributed by atoms with Gasteiger partial charge in [-0.3, -0.25) is 0 Å². The van der Waals surface area contributed by atoms with E-state index in [1.54, 1.807) is 0 Å². The van der Waals surface area contributed by atoms with Gasteiger partial charge in [-0.2, -0.15) is 0 Å². The summed E-state index contributed by atoms with van der Waals surface area (Å²) >= 11 is 0. The first kappa shape index (κ1) is 21.5. The molecule has 2 N–H and O–H groups in total. The standard InChI is InChI=1S/C19H29N5.HI/c1-5-20-19(22-12-17-9-7-6-8-16(17)4)23-13-18-21-10-11-24(18)14-15(2)3;/h6-11,15H,5,12-14H2,1-4H3,(H2,20,22,23);1H. The molecule has 2 rings (SSSR count). The first-order chi connectivity index (χ1) is 11.6. The van der Waals surface area contributed by atoms with Gasteiger partial charge in [-0.25, -0.2) is 9.98 Å². The van der Waals surface area contributed by atoms with Crippen molar-refractivity contribution < 1.29 is 0 Å². The van der Waals surface area contributed by atoms with E-state index in [1.165, 1.54) is 11.1 Å². The summed E-state index contributed by atoms with van der Waals surface area (Å²) < 4.78 is 2.20. The van der Waals surface area contributed by atoms with Gasteiger partial charge in [0.05, 0.1) is 13.1 Å². The van der Waals surface area contributed by atoms with Crippen LogP contribution in [0.25, 0.3) is 0 Å². The molecule has 25 heavy (non-hydrogen) atoms. The second-order valence-electron chi connectivity index (χ2n) is 6.36. The number of guanidine groups is 1. The van der Waals surface area contributed by atoms with Gasteiger partial charge >= 0.3 is 0 Å². The van der Waals surface area contributed by atoms with Crippen molar-refractivity contribution in [3.05, 3.63) is 53.6 Å². The molecule has 0 aliphatic rings. The Labute approximate surface area is 168 Å². The molecular formula is C19H30IN5. The van der Waals surface area contributed by atoms with E-state index in [4.69, 9.17) is 4.99 Å². The lowest BCUT2D eigenvalue weighted by molar-refractivity contribution is 0.503. The molecule has 0 unspecified atom stereocenters. The summed E-state index contributed by atoms with van der Waals surface area (Å²) in [5.74, 6) is 2.45. The quantitative estimate of drug-likeness (QED) is 0.380. The Hall–Kier alpha value is -1.57. The van der Waals surface area contributed by atoms with Gasteiger partial charge in [0.25, 0.3) is 0 Å². The lowest BCUT2D eigenvalue weighted by Crippen LogP contribution is -2.37. The van der Waals surface area contributed by atoms with E-state index in [0.29, 0.717) is 19.0 Å². The molecule has 0 aliphatic carbocycles. The van der Waals surface area contributed by atoms with Crippen LogP contribution in [-0.2, 0) is 19.6 Å². The first-order valence-corrected chi connectivity index (χ1v) is 8.66. The topological polar surface area (TPSA) is 54.2 Å². The lowest BCUT2D eigenvalue weighted by atomic mass is 10.1. The van der Waals surface area contributed by atoms with E-state index < -0.39 is 0 Å². The van der Waals surface area contributed by atoms with Crippen molar-refractivity contribution in [3.63, 3.8) is 0 Å². The molecule has 0 fully saturated rings. The Kier molecular flexibility index (Phi) is 9.55. The minimum Gasteiger partial charge on any atom is -0.357 e. The van der Waals surface area contributed by atoms with Crippen molar-refractivity contribution in [3.8, 4) is 0 Å². The summed E-state index contributed by atoms with van der Waals surface area (Å²) in [5, 5.41) is 6.68. The van der Waals surface area contributed by atoms with E-state index in [0.717, 1.165) is 24.9 Å². The summed E-state index contributed by atoms with van der Waals surface area (Å²) in [6, 6.07) is 8.35. The highest BCUT2D eigenvalue weighted by Crippen LogP contribution is 2.08. The average Bonchev–Trinajstić information content (AvgIpc) is 2.98. The average molecular weight is 455 g/mol. The third-order valence-corrected chi connectivity index (χ3v) is 3.79. The Bertz CT molecular complexity index is 663. The smallest absolute Gasteiger partial charge is 0.191 e. The van der Waals surface area contributed by atoms with Crippen LogP contribution in [0.2, 0.25) is 0 Å². The maximum Gasteiger partial charge on any atom is 0.191 e. The maximum absolute atomic E-state index is 4.69. The van der Waals surface area contributed by atoms with E-state index >= 15 is 0 Å². The summed E-state index contributed by atoms with van der Waals surface area (Å²) in [7, 11) is 0. The van der Waals surface area contributed by atoms with Crippen molar-refractivity contribution in [2.45, 2.75) is 47.3 Å². The number of halogens is 1. The molecule has 1 aromatic carbocycles. The molecule has 0 saturated carbocycles. The van der Waals surface area contributed by atoms with Gasteiger partial charge in [-0.1, -0.05) is 38.1 Å². The Morgan fingerprint density at radius 3 is 2.68 bits per heavy atom. The molecule has 2 aromatic rings. The van der Waals surface area contributed by atoms with E-state index in [-0.39, 0.29) is 24.0 Å². The molecule has 0 amide bonds. The molecule has 5 nitrogen and oxygen atoms in total. The Balaban J connectivity index is 0.00000312. The second kappa shape index (κ2) is 11.1. The van der Waals surface area contributed by atoms with Gasteiger partial charge in [0, 0.05) is 25.5 Å². The number of aryl methyl sites for hydroxylation is 1. The molecule has 138 valence electrons. The van der Waals surface area contributed by atoms with Crippen molar-refractivity contribution in [1.29, 1.82) is 0 Å². The van der Waals surface area contributed by atoms with Gasteiger partial charge in [0.1, 0.15) is 5.82 Å². The highest BCUT2D eigenvalue weighted by molar-refractivity contribution is 14.0. The van der Waals surface area contributed by atoms with Crippen LogP contribution < -0.4 is 10.6 Å². The number of imidazole rings is 1. The van der Waals surface area contributed by atoms with Crippen LogP contribution in [0.3, 0.4) is 0 Å². The van der Waals surface area contributed by atoms with Crippen molar-refractivity contribution in [2.75, 3.05) is 6.54 Å². The monoisotopic (exact) mass is 455 g/mol. The highest BCUT2D eigenvalue weighted by atomic mass is 127. The molecule has 6 heteroatoms. The van der Waals surface area contributed by atoms with Gasteiger partial charge in [-0.15, -0.1) is 24.0 Å². The fourth-order valence-electron chi connectivity index (χ4n) is 2.52. The number of aliphatic imine (C=N–C) groups is 1. The van der Waals surface area contributed by atoms with Crippen LogP contribution in [0.15, 0.2) is 41.7 Å². The normalized spacial score (nSPS) is 11.3. The first-order valence-electron chi connectivity index (χ1n) is 8.66. The van der Waals surface area contributed by atoms with Crippen molar-refractivity contribution in [2.24, 2.45) is 10.9 Å². The maximum atomic E-state index is 4.69. The zero-order valence-corrected chi connectivity index (χ0v) is 18.0. The summed E-state index contributed by atoms with van der Waals surface area (Å²) in [4.78, 5) is 9.14. The van der Waals surface area contributed by atoms with Crippen LogP contribution in [0.1, 0.15) is 37.7 Å². The van der Waals surface area contributed by atoms with Crippen LogP contribution in [0, 0.1) is 12.8 Å². The predicted octanol–water partition coefficient (Wildman–Crippen LogP) is 3.72. The number of nitrogens with one attached hydrogen (secondary N) is 2. The molecule has 1 aromatic heterocycles. The summed E-state index contributed by atoms with van der Waals surface area (Å²) in [6.07, 6.45) is 3.89.